The lowest BCUT2D eigenvalue weighted by molar-refractivity contribution is 0.458. The average Bonchev–Trinajstić information content (AvgIpc) is 1.34. The van der Waals surface area contributed by atoms with Crippen molar-refractivity contribution < 1.29 is 0 Å². The van der Waals surface area contributed by atoms with Gasteiger partial charge >= 0.3 is 0 Å². The van der Waals surface area contributed by atoms with E-state index in [4.69, 9.17) is 19.9 Å². The molecular formula is C81H100Br2N14O. The van der Waals surface area contributed by atoms with Gasteiger partial charge in [-0.2, -0.15) is 0 Å². The summed E-state index contributed by atoms with van der Waals surface area (Å²) in [6.07, 6.45) is 18.6. The quantitative estimate of drug-likeness (QED) is 0.0951. The Labute approximate surface area is 597 Å². The number of nitrogens with zero attached hydrogens (tertiary/aromatic N) is 11. The number of nitrogens with one attached hydrogen (secondary N) is 3. The minimum atomic E-state index is -0.0387. The average molecular weight is 1450 g/mol. The van der Waals surface area contributed by atoms with E-state index in [2.05, 4.69) is 212 Å². The van der Waals surface area contributed by atoms with Gasteiger partial charge < -0.3 is 45.0 Å². The Balaban J connectivity index is 0.000000115. The number of benzene rings is 6. The molecule has 3 N–H and O–H groups in total. The molecule has 0 atom stereocenters. The molecule has 0 bridgehead atoms. The summed E-state index contributed by atoms with van der Waals surface area (Å²) in [4.78, 5) is 54.1. The second-order valence-corrected chi connectivity index (χ2v) is 30.4. The highest BCUT2D eigenvalue weighted by molar-refractivity contribution is 9.10. The molecule has 3 aromatic heterocycles. The van der Waals surface area contributed by atoms with Gasteiger partial charge in [0, 0.05) is 139 Å². The van der Waals surface area contributed by atoms with Crippen LogP contribution in [0.2, 0.25) is 0 Å². The predicted octanol–water partition coefficient (Wildman–Crippen LogP) is 16.6. The zero-order valence-electron chi connectivity index (χ0n) is 58.2. The Kier molecular flexibility index (Phi) is 21.9. The van der Waals surface area contributed by atoms with Gasteiger partial charge in [-0.25, -0.2) is 24.9 Å². The number of H-pyrrole nitrogens is 1. The lowest BCUT2D eigenvalue weighted by Gasteiger charge is -2.39. The molecule has 9 heterocycles. The number of anilines is 6. The Hall–Kier alpha value is -7.18. The second kappa shape index (κ2) is 31.6. The smallest absolute Gasteiger partial charge is 0.258 e. The molecule has 9 fully saturated rings. The molecule has 9 aliphatic rings. The number of fused-ring (bicyclic) bond motifs is 3. The van der Waals surface area contributed by atoms with Crippen LogP contribution < -0.4 is 45.6 Å². The van der Waals surface area contributed by atoms with Crippen LogP contribution in [-0.4, -0.2) is 136 Å². The fourth-order valence-corrected chi connectivity index (χ4v) is 15.5. The van der Waals surface area contributed by atoms with Crippen molar-refractivity contribution in [2.24, 2.45) is 0 Å². The first kappa shape index (κ1) is 68.0. The van der Waals surface area contributed by atoms with E-state index in [1.165, 1.54) is 169 Å². The number of halogens is 2. The van der Waals surface area contributed by atoms with E-state index < -0.39 is 0 Å². The van der Waals surface area contributed by atoms with Gasteiger partial charge in [0.25, 0.3) is 5.56 Å². The van der Waals surface area contributed by atoms with Crippen LogP contribution in [0.15, 0.2) is 141 Å². The summed E-state index contributed by atoms with van der Waals surface area (Å²) in [5.74, 6) is 8.89. The molecular weight excluding hydrogens is 1340 g/mol. The van der Waals surface area contributed by atoms with Crippen LogP contribution in [0, 0.1) is 0 Å². The first-order valence-electron chi connectivity index (χ1n) is 37.1. The van der Waals surface area contributed by atoms with E-state index in [0.717, 1.165) is 113 Å². The number of rotatable bonds is 14. The molecule has 514 valence electrons. The molecule has 0 amide bonds. The van der Waals surface area contributed by atoms with Crippen LogP contribution in [0.5, 0.6) is 0 Å². The van der Waals surface area contributed by atoms with Crippen molar-refractivity contribution in [1.82, 2.24) is 40.5 Å². The summed E-state index contributed by atoms with van der Waals surface area (Å²) in [7, 11) is 4.08. The summed E-state index contributed by atoms with van der Waals surface area (Å²) in [5, 5.41) is 9.40. The van der Waals surface area contributed by atoms with Gasteiger partial charge in [0.2, 0.25) is 0 Å². The normalized spacial score (nSPS) is 18.8. The molecule has 18 rings (SSSR count). The molecule has 6 aromatic carbocycles. The minimum Gasteiger partial charge on any atom is -0.375 e. The van der Waals surface area contributed by atoms with Crippen molar-refractivity contribution >= 4 is 99.0 Å². The van der Waals surface area contributed by atoms with Crippen molar-refractivity contribution in [2.45, 2.75) is 146 Å². The number of piperidine rings is 3. The van der Waals surface area contributed by atoms with Crippen LogP contribution in [0.25, 0.3) is 32.7 Å². The third-order valence-electron chi connectivity index (χ3n) is 21.8. The third kappa shape index (κ3) is 16.0. The second-order valence-electron chi connectivity index (χ2n) is 28.6. The van der Waals surface area contributed by atoms with Gasteiger partial charge in [-0.1, -0.05) is 93.4 Å². The van der Waals surface area contributed by atoms with Crippen molar-refractivity contribution in [3.05, 3.63) is 181 Å². The van der Waals surface area contributed by atoms with E-state index in [9.17, 15) is 4.79 Å². The van der Waals surface area contributed by atoms with Crippen molar-refractivity contribution in [3.63, 3.8) is 0 Å². The Bertz CT molecular complexity index is 4230. The maximum Gasteiger partial charge on any atom is 0.258 e. The van der Waals surface area contributed by atoms with Crippen LogP contribution in [-0.2, 0) is 0 Å². The van der Waals surface area contributed by atoms with Crippen molar-refractivity contribution in [1.29, 1.82) is 0 Å². The van der Waals surface area contributed by atoms with E-state index in [-0.39, 0.29) is 5.56 Å². The summed E-state index contributed by atoms with van der Waals surface area (Å²) in [5.41, 5.74) is 13.3. The molecule has 6 aliphatic heterocycles. The lowest BCUT2D eigenvalue weighted by Crippen LogP contribution is -2.39. The molecule has 98 heavy (non-hydrogen) atoms. The van der Waals surface area contributed by atoms with E-state index in [0.29, 0.717) is 35.0 Å². The fourth-order valence-electron chi connectivity index (χ4n) is 14.8. The topological polar surface area (TPSA) is 141 Å². The molecule has 0 unspecified atom stereocenters. The van der Waals surface area contributed by atoms with Gasteiger partial charge in [-0.3, -0.25) is 4.79 Å². The summed E-state index contributed by atoms with van der Waals surface area (Å²) in [6.45, 7) is 20.3. The van der Waals surface area contributed by atoms with Crippen molar-refractivity contribution in [3.8, 4) is 0 Å². The summed E-state index contributed by atoms with van der Waals surface area (Å²) >= 11 is 6.99. The molecule has 15 nitrogen and oxygen atoms in total. The first-order chi connectivity index (χ1) is 48.1. The van der Waals surface area contributed by atoms with E-state index in [1.807, 2.05) is 19.2 Å². The van der Waals surface area contributed by atoms with Gasteiger partial charge in [0.05, 0.1) is 21.9 Å². The maximum absolute atomic E-state index is 11.8. The van der Waals surface area contributed by atoms with Gasteiger partial charge in [-0.15, -0.1) is 0 Å². The van der Waals surface area contributed by atoms with Gasteiger partial charge in [0.1, 0.15) is 29.1 Å². The largest absolute Gasteiger partial charge is 0.375 e. The van der Waals surface area contributed by atoms with Crippen molar-refractivity contribution in [2.75, 3.05) is 135 Å². The Morgan fingerprint density at radius 3 is 1.26 bits per heavy atom. The highest BCUT2D eigenvalue weighted by Gasteiger charge is 2.34. The summed E-state index contributed by atoms with van der Waals surface area (Å²) < 4.78 is 2.00. The monoisotopic (exact) mass is 1440 g/mol. The highest BCUT2D eigenvalue weighted by atomic mass is 79.9. The van der Waals surface area contributed by atoms with E-state index in [1.54, 1.807) is 22.8 Å². The molecule has 6 saturated heterocycles. The van der Waals surface area contributed by atoms with Crippen LogP contribution in [0.1, 0.15) is 180 Å². The third-order valence-corrected chi connectivity index (χ3v) is 22.8. The number of para-hydroxylation sites is 3. The zero-order valence-corrected chi connectivity index (χ0v) is 61.4. The first-order valence-corrected chi connectivity index (χ1v) is 38.7. The number of hydrogen-bond donors (Lipinski definition) is 3. The lowest BCUT2D eigenvalue weighted by atomic mass is 9.87. The summed E-state index contributed by atoms with van der Waals surface area (Å²) in [6, 6.07) is 45.9. The Morgan fingerprint density at radius 1 is 0.449 bits per heavy atom. The SMILES string of the molecule is Brc1ccc2nc(C3CC3)nc(N3CCC(c4ccccc4N4CCC4)CC3)c2c1.CCN(C)c1ccc2nc(C3CC3)nc(N3CCC(c4ccccc4N4CCC4)CC3)c2c1.CCNC.O=c1[nH]c(C2CC2)nc2ccc(Br)cc12.c1ccc(N2CCC2)c(C2CCNCC2)c1. The molecule has 3 saturated carbocycles. The number of aromatic amines is 1. The van der Waals surface area contributed by atoms with Gasteiger partial charge in [-0.05, 0) is 237 Å². The maximum atomic E-state index is 11.8. The predicted molar refractivity (Wildman–Crippen MR) is 414 cm³/mol. The van der Waals surface area contributed by atoms with E-state index >= 15 is 0 Å². The number of aromatic nitrogens is 6. The Morgan fingerprint density at radius 2 is 0.847 bits per heavy atom. The molecule has 0 spiro atoms. The number of hydrogen-bond acceptors (Lipinski definition) is 14. The highest BCUT2D eigenvalue weighted by Crippen LogP contribution is 2.45. The minimum absolute atomic E-state index is 0.0387. The zero-order chi connectivity index (χ0) is 67.1. The molecule has 0 radical (unpaired) electrons. The van der Waals surface area contributed by atoms with Crippen LogP contribution in [0.4, 0.5) is 34.4 Å². The molecule has 17 heteroatoms. The molecule has 3 aliphatic carbocycles. The van der Waals surface area contributed by atoms with Gasteiger partial charge in [0.15, 0.2) is 0 Å². The fraction of sp³-hybridized carbons (Fsp3) is 0.481. The molecule has 9 aromatic rings. The standard InChI is InChI=1S/C28H35N5.C25H27BrN4.C14H20N2.C11H9BrN2O.C3H9N/c1-3-31(2)22-11-12-25-24(19-22)28(30-27(29-25)21-9-10-21)33-17-13-20(14-18-33)23-7-4-5-8-26(23)32-15-6-16-32;26-19-8-9-22-21(16-19)25(28-24(27-22)18-6-7-18)30-14-10-17(11-15-30)20-4-1-2-5-23(20)29-12-3-13-29;1-2-5-14(16-10-3-11-16)13(4-1)12-6-8-15-9-7-12;12-7-3-4-9-8(5-7)11(15)14-10(13-9)6-1-2-6;1-3-4-2/h4-5,7-8,11-12,19-21H,3,6,9-10,13-18H2,1-2H3;1-2,4-5,8-9,16-18H,3,6-7,10-15H2;1-2,4-5,12,15H,3,6-11H2;3-6H,1-2H2,(H,13,14,15);4H,3H2,1-2H3. The van der Waals surface area contributed by atoms with Crippen LogP contribution in [0.3, 0.4) is 0 Å². The van der Waals surface area contributed by atoms with Crippen LogP contribution >= 0.6 is 31.9 Å².